The van der Waals surface area contributed by atoms with E-state index in [0.29, 0.717) is 32.8 Å². The third-order valence-corrected chi connectivity index (χ3v) is 2.17. The van der Waals surface area contributed by atoms with E-state index in [1.807, 2.05) is 0 Å². The Bertz CT molecular complexity index is 181. The number of hydrogen-bond donors (Lipinski definition) is 0. The molecule has 0 atom stereocenters. The molecule has 0 aromatic heterocycles. The van der Waals surface area contributed by atoms with E-state index in [9.17, 15) is 13.2 Å². The second kappa shape index (κ2) is 9.94. The quantitative estimate of drug-likeness (QED) is 0.451. The predicted octanol–water partition coefficient (Wildman–Crippen LogP) is 2.14. The van der Waals surface area contributed by atoms with Gasteiger partial charge in [-0.05, 0) is 6.42 Å². The molecule has 0 radical (unpaired) electrons. The van der Waals surface area contributed by atoms with Crippen molar-refractivity contribution in [3.63, 3.8) is 0 Å². The highest BCUT2D eigenvalue weighted by Crippen LogP contribution is 2.16. The van der Waals surface area contributed by atoms with Crippen LogP contribution in [-0.4, -0.2) is 63.5 Å². The summed E-state index contributed by atoms with van der Waals surface area (Å²) in [5.41, 5.74) is 0. The summed E-state index contributed by atoms with van der Waals surface area (Å²) in [6.45, 7) is 1.04. The third-order valence-electron chi connectivity index (χ3n) is 2.00. The molecule has 0 bridgehead atoms. The molecular formula is C10H19ClF3NO2. The van der Waals surface area contributed by atoms with Crippen LogP contribution in [0, 0.1) is 0 Å². The van der Waals surface area contributed by atoms with Crippen molar-refractivity contribution in [2.24, 2.45) is 0 Å². The second-order valence-corrected chi connectivity index (χ2v) is 3.92. The summed E-state index contributed by atoms with van der Waals surface area (Å²) in [5, 5.41) is 0. The Morgan fingerprint density at radius 2 is 1.82 bits per heavy atom. The van der Waals surface area contributed by atoms with Gasteiger partial charge in [0.05, 0.1) is 19.8 Å². The molecule has 0 aromatic rings. The summed E-state index contributed by atoms with van der Waals surface area (Å²) in [7, 11) is 1.56. The van der Waals surface area contributed by atoms with Gasteiger partial charge in [-0.1, -0.05) is 0 Å². The molecule has 0 spiro atoms. The average Bonchev–Trinajstić information content (AvgIpc) is 2.21. The Balaban J connectivity index is 3.63. The molecule has 0 amide bonds. The summed E-state index contributed by atoms with van der Waals surface area (Å²) in [6.07, 6.45) is -3.63. The van der Waals surface area contributed by atoms with Crippen LogP contribution in [0.25, 0.3) is 0 Å². The third kappa shape index (κ3) is 12.2. The Labute approximate surface area is 105 Å². The first kappa shape index (κ1) is 17.0. The highest BCUT2D eigenvalue weighted by atomic mass is 35.5. The minimum atomic E-state index is -4.18. The fraction of sp³-hybridized carbons (Fsp3) is 1.00. The van der Waals surface area contributed by atoms with Crippen molar-refractivity contribution in [1.29, 1.82) is 0 Å². The maximum Gasteiger partial charge on any atom is 0.401 e. The van der Waals surface area contributed by atoms with E-state index in [2.05, 4.69) is 0 Å². The molecule has 0 aliphatic carbocycles. The summed E-state index contributed by atoms with van der Waals surface area (Å²) in [4.78, 5) is 1.28. The first-order valence-electron chi connectivity index (χ1n) is 5.41. The molecule has 7 heteroatoms. The molecule has 0 aliphatic heterocycles. The van der Waals surface area contributed by atoms with Crippen LogP contribution >= 0.6 is 11.6 Å². The van der Waals surface area contributed by atoms with E-state index < -0.39 is 12.7 Å². The summed E-state index contributed by atoms with van der Waals surface area (Å²) < 4.78 is 46.5. The lowest BCUT2D eigenvalue weighted by Gasteiger charge is -2.22. The van der Waals surface area contributed by atoms with E-state index in [4.69, 9.17) is 21.1 Å². The maximum absolute atomic E-state index is 12.2. The smallest absolute Gasteiger partial charge is 0.382 e. The monoisotopic (exact) mass is 277 g/mol. The molecule has 0 unspecified atom stereocenters. The van der Waals surface area contributed by atoms with Crippen LogP contribution in [0.3, 0.4) is 0 Å². The van der Waals surface area contributed by atoms with Gasteiger partial charge in [0, 0.05) is 32.7 Å². The molecule has 0 saturated carbocycles. The van der Waals surface area contributed by atoms with E-state index >= 15 is 0 Å². The van der Waals surface area contributed by atoms with Crippen molar-refractivity contribution in [3.05, 3.63) is 0 Å². The number of ether oxygens (including phenoxy) is 2. The van der Waals surface area contributed by atoms with Crippen LogP contribution in [0.1, 0.15) is 6.42 Å². The normalized spacial score (nSPS) is 12.4. The van der Waals surface area contributed by atoms with E-state index in [1.165, 1.54) is 4.90 Å². The van der Waals surface area contributed by atoms with Gasteiger partial charge in [0.1, 0.15) is 0 Å². The topological polar surface area (TPSA) is 21.7 Å². The van der Waals surface area contributed by atoms with Crippen molar-refractivity contribution >= 4 is 11.6 Å². The number of methoxy groups -OCH3 is 1. The van der Waals surface area contributed by atoms with Crippen molar-refractivity contribution in [1.82, 2.24) is 4.90 Å². The molecule has 0 aromatic carbocycles. The molecule has 3 nitrogen and oxygen atoms in total. The van der Waals surface area contributed by atoms with Crippen molar-refractivity contribution in [2.45, 2.75) is 12.6 Å². The van der Waals surface area contributed by atoms with Crippen molar-refractivity contribution in [3.8, 4) is 0 Å². The lowest BCUT2D eigenvalue weighted by atomic mass is 10.4. The van der Waals surface area contributed by atoms with Crippen LogP contribution in [0.15, 0.2) is 0 Å². The second-order valence-electron chi connectivity index (χ2n) is 3.54. The Morgan fingerprint density at radius 1 is 1.12 bits per heavy atom. The van der Waals surface area contributed by atoms with E-state index in [1.54, 1.807) is 7.11 Å². The van der Waals surface area contributed by atoms with Crippen LogP contribution in [0.2, 0.25) is 0 Å². The zero-order chi connectivity index (χ0) is 13.1. The highest BCUT2D eigenvalue weighted by Gasteiger charge is 2.30. The standard InChI is InChI=1S/C10H19ClF3NO2/c1-16-7-8-17-6-2-4-15(5-3-11)9-10(12,13)14/h2-9H2,1H3. The minimum Gasteiger partial charge on any atom is -0.382 e. The predicted molar refractivity (Wildman–Crippen MR) is 60.5 cm³/mol. The molecule has 104 valence electrons. The Morgan fingerprint density at radius 3 is 2.35 bits per heavy atom. The lowest BCUT2D eigenvalue weighted by molar-refractivity contribution is -0.145. The van der Waals surface area contributed by atoms with Gasteiger partial charge in [0.25, 0.3) is 0 Å². The van der Waals surface area contributed by atoms with Gasteiger partial charge in [0.15, 0.2) is 0 Å². The zero-order valence-electron chi connectivity index (χ0n) is 9.93. The summed E-state index contributed by atoms with van der Waals surface area (Å²) in [6, 6.07) is 0. The van der Waals surface area contributed by atoms with Crippen LogP contribution < -0.4 is 0 Å². The summed E-state index contributed by atoms with van der Waals surface area (Å²) in [5.74, 6) is 0.195. The number of rotatable bonds is 10. The van der Waals surface area contributed by atoms with Gasteiger partial charge in [0.2, 0.25) is 0 Å². The molecule has 0 N–H and O–H groups in total. The van der Waals surface area contributed by atoms with E-state index in [0.717, 1.165) is 0 Å². The molecule has 0 rings (SSSR count). The minimum absolute atomic E-state index is 0.195. The van der Waals surface area contributed by atoms with Gasteiger partial charge < -0.3 is 9.47 Å². The van der Waals surface area contributed by atoms with Gasteiger partial charge in [-0.15, -0.1) is 11.6 Å². The number of halogens is 4. The van der Waals surface area contributed by atoms with Crippen LogP contribution in [0.4, 0.5) is 13.2 Å². The van der Waals surface area contributed by atoms with Gasteiger partial charge >= 0.3 is 6.18 Å². The molecule has 0 heterocycles. The molecule has 0 aliphatic rings. The van der Waals surface area contributed by atoms with Gasteiger partial charge in [-0.3, -0.25) is 4.90 Å². The molecule has 0 fully saturated rings. The SMILES string of the molecule is COCCOCCCN(CCCl)CC(F)(F)F. The fourth-order valence-corrected chi connectivity index (χ4v) is 1.52. The number of hydrogen-bond acceptors (Lipinski definition) is 3. The Kier molecular flexibility index (Phi) is 9.91. The molecule has 0 saturated heterocycles. The zero-order valence-corrected chi connectivity index (χ0v) is 10.7. The van der Waals surface area contributed by atoms with Crippen LogP contribution in [0.5, 0.6) is 0 Å². The molecule has 17 heavy (non-hydrogen) atoms. The first-order chi connectivity index (χ1) is 7.99. The molecular weight excluding hydrogens is 259 g/mol. The van der Waals surface area contributed by atoms with Crippen LogP contribution in [-0.2, 0) is 9.47 Å². The number of alkyl halides is 4. The highest BCUT2D eigenvalue weighted by molar-refractivity contribution is 6.18. The van der Waals surface area contributed by atoms with Gasteiger partial charge in [-0.2, -0.15) is 13.2 Å². The first-order valence-corrected chi connectivity index (χ1v) is 5.95. The number of nitrogens with zero attached hydrogens (tertiary/aromatic N) is 1. The van der Waals surface area contributed by atoms with Gasteiger partial charge in [-0.25, -0.2) is 0 Å². The van der Waals surface area contributed by atoms with E-state index in [-0.39, 0.29) is 12.4 Å². The fourth-order valence-electron chi connectivity index (χ4n) is 1.28. The van der Waals surface area contributed by atoms with Crippen molar-refractivity contribution in [2.75, 3.05) is 52.4 Å². The maximum atomic E-state index is 12.2. The average molecular weight is 278 g/mol. The Hall–Kier alpha value is -0.0400. The van der Waals surface area contributed by atoms with Crippen molar-refractivity contribution < 1.29 is 22.6 Å². The summed E-state index contributed by atoms with van der Waals surface area (Å²) >= 11 is 5.45. The lowest BCUT2D eigenvalue weighted by Crippen LogP contribution is -2.36. The largest absolute Gasteiger partial charge is 0.401 e.